The van der Waals surface area contributed by atoms with Gasteiger partial charge in [0.15, 0.2) is 6.29 Å². The lowest BCUT2D eigenvalue weighted by atomic mass is 10.2. The van der Waals surface area contributed by atoms with E-state index < -0.39 is 23.9 Å². The molecule has 1 heterocycles. The summed E-state index contributed by atoms with van der Waals surface area (Å²) in [6.45, 7) is 3.76. The number of carbonyl (C=O) groups excluding carboxylic acids is 4. The second-order valence-electron chi connectivity index (χ2n) is 5.71. The standard InChI is InChI=1S/C17H28N2O8/c1-3-24-16(22)15(17(23)25-4-2)19-12(20)8-9-18-13(21)11-27-14-7-5-6-10-26-14/h14-15H,3-11H2,1-2H3,(H,18,21)(H,19,20). The van der Waals surface area contributed by atoms with Crippen LogP contribution < -0.4 is 10.6 Å². The van der Waals surface area contributed by atoms with Crippen molar-refractivity contribution in [1.82, 2.24) is 10.6 Å². The van der Waals surface area contributed by atoms with E-state index in [1.165, 1.54) is 0 Å². The summed E-state index contributed by atoms with van der Waals surface area (Å²) in [6.07, 6.45) is 2.23. The van der Waals surface area contributed by atoms with Crippen molar-refractivity contribution in [1.29, 1.82) is 0 Å². The molecule has 2 amide bonds. The number of hydrogen-bond acceptors (Lipinski definition) is 8. The van der Waals surface area contributed by atoms with Crippen LogP contribution >= 0.6 is 0 Å². The van der Waals surface area contributed by atoms with Crippen molar-refractivity contribution in [3.05, 3.63) is 0 Å². The van der Waals surface area contributed by atoms with Crippen LogP contribution in [0.5, 0.6) is 0 Å². The molecule has 154 valence electrons. The van der Waals surface area contributed by atoms with Crippen LogP contribution in [-0.4, -0.2) is 69.1 Å². The number of ether oxygens (including phenoxy) is 4. The summed E-state index contributed by atoms with van der Waals surface area (Å²) < 4.78 is 20.2. The molecule has 0 bridgehead atoms. The maximum Gasteiger partial charge on any atom is 0.340 e. The third-order valence-electron chi connectivity index (χ3n) is 3.56. The van der Waals surface area contributed by atoms with Crippen LogP contribution in [-0.2, 0) is 38.1 Å². The zero-order chi connectivity index (χ0) is 20.1. The number of carbonyl (C=O) groups is 4. The van der Waals surface area contributed by atoms with Crippen LogP contribution in [0.2, 0.25) is 0 Å². The Balaban J connectivity index is 2.30. The molecule has 10 nitrogen and oxygen atoms in total. The molecule has 0 aromatic rings. The molecule has 0 saturated carbocycles. The van der Waals surface area contributed by atoms with Crippen molar-refractivity contribution in [3.63, 3.8) is 0 Å². The van der Waals surface area contributed by atoms with Crippen molar-refractivity contribution in [2.24, 2.45) is 0 Å². The molecule has 1 aliphatic heterocycles. The van der Waals surface area contributed by atoms with Gasteiger partial charge >= 0.3 is 11.9 Å². The number of nitrogens with one attached hydrogen (secondary N) is 2. The molecule has 1 saturated heterocycles. The molecular weight excluding hydrogens is 360 g/mol. The maximum absolute atomic E-state index is 11.9. The Morgan fingerprint density at radius 2 is 1.70 bits per heavy atom. The molecule has 1 aliphatic rings. The second-order valence-corrected chi connectivity index (χ2v) is 5.71. The van der Waals surface area contributed by atoms with Gasteiger partial charge in [0, 0.05) is 19.6 Å². The van der Waals surface area contributed by atoms with E-state index in [0.717, 1.165) is 19.3 Å². The minimum atomic E-state index is -1.53. The molecule has 1 unspecified atom stereocenters. The van der Waals surface area contributed by atoms with Gasteiger partial charge in [0.1, 0.15) is 6.61 Å². The Kier molecular flexibility index (Phi) is 11.0. The largest absolute Gasteiger partial charge is 0.464 e. The van der Waals surface area contributed by atoms with Gasteiger partial charge < -0.3 is 29.6 Å². The Morgan fingerprint density at radius 1 is 1.04 bits per heavy atom. The Morgan fingerprint density at radius 3 is 2.26 bits per heavy atom. The van der Waals surface area contributed by atoms with E-state index >= 15 is 0 Å². The quantitative estimate of drug-likeness (QED) is 0.363. The first-order chi connectivity index (χ1) is 13.0. The summed E-state index contributed by atoms with van der Waals surface area (Å²) in [7, 11) is 0. The average Bonchev–Trinajstić information content (AvgIpc) is 2.65. The Labute approximate surface area is 158 Å². The van der Waals surface area contributed by atoms with Gasteiger partial charge in [-0.1, -0.05) is 0 Å². The van der Waals surface area contributed by atoms with Crippen molar-refractivity contribution < 1.29 is 38.1 Å². The van der Waals surface area contributed by atoms with E-state index in [4.69, 9.17) is 18.9 Å². The molecule has 1 atom stereocenters. The highest BCUT2D eigenvalue weighted by molar-refractivity contribution is 6.02. The molecule has 0 aromatic heterocycles. The molecular formula is C17H28N2O8. The topological polar surface area (TPSA) is 129 Å². The molecule has 1 fully saturated rings. The minimum Gasteiger partial charge on any atom is -0.464 e. The molecule has 0 spiro atoms. The van der Waals surface area contributed by atoms with Crippen molar-refractivity contribution >= 4 is 23.8 Å². The smallest absolute Gasteiger partial charge is 0.340 e. The van der Waals surface area contributed by atoms with Gasteiger partial charge in [-0.3, -0.25) is 9.59 Å². The molecule has 0 aliphatic carbocycles. The van der Waals surface area contributed by atoms with Crippen LogP contribution in [0.3, 0.4) is 0 Å². The van der Waals surface area contributed by atoms with Gasteiger partial charge in [-0.15, -0.1) is 0 Å². The molecule has 10 heteroatoms. The van der Waals surface area contributed by atoms with Gasteiger partial charge in [0.25, 0.3) is 0 Å². The summed E-state index contributed by atoms with van der Waals surface area (Å²) in [5.41, 5.74) is 0. The summed E-state index contributed by atoms with van der Waals surface area (Å²) in [4.78, 5) is 47.2. The SMILES string of the molecule is CCOC(=O)C(NC(=O)CCNC(=O)COC1CCCCO1)C(=O)OCC. The van der Waals surface area contributed by atoms with Crippen LogP contribution in [0.1, 0.15) is 39.5 Å². The number of hydrogen-bond donors (Lipinski definition) is 2. The lowest BCUT2D eigenvalue weighted by Gasteiger charge is -2.22. The fourth-order valence-corrected chi connectivity index (χ4v) is 2.28. The summed E-state index contributed by atoms with van der Waals surface area (Å²) in [5, 5.41) is 4.78. The van der Waals surface area contributed by atoms with Gasteiger partial charge in [0.05, 0.1) is 13.2 Å². The lowest BCUT2D eigenvalue weighted by molar-refractivity contribution is -0.170. The highest BCUT2D eigenvalue weighted by atomic mass is 16.7. The lowest BCUT2D eigenvalue weighted by Crippen LogP contribution is -2.48. The van der Waals surface area contributed by atoms with Gasteiger partial charge in [-0.2, -0.15) is 0 Å². The first-order valence-electron chi connectivity index (χ1n) is 9.10. The maximum atomic E-state index is 11.9. The predicted octanol–water partition coefficient (Wildman–Crippen LogP) is -0.353. The summed E-state index contributed by atoms with van der Waals surface area (Å²) in [6, 6.07) is -1.53. The van der Waals surface area contributed by atoms with E-state index in [-0.39, 0.29) is 45.0 Å². The zero-order valence-electron chi connectivity index (χ0n) is 15.8. The van der Waals surface area contributed by atoms with Crippen LogP contribution in [0.4, 0.5) is 0 Å². The van der Waals surface area contributed by atoms with E-state index in [9.17, 15) is 19.2 Å². The monoisotopic (exact) mass is 388 g/mol. The molecule has 0 radical (unpaired) electrons. The average molecular weight is 388 g/mol. The van der Waals surface area contributed by atoms with E-state index in [1.54, 1.807) is 13.8 Å². The summed E-state index contributed by atoms with van der Waals surface area (Å²) >= 11 is 0. The highest BCUT2D eigenvalue weighted by Crippen LogP contribution is 2.13. The predicted molar refractivity (Wildman–Crippen MR) is 92.4 cm³/mol. The van der Waals surface area contributed by atoms with Crippen LogP contribution in [0.25, 0.3) is 0 Å². The molecule has 2 N–H and O–H groups in total. The number of rotatable bonds is 11. The zero-order valence-corrected chi connectivity index (χ0v) is 15.8. The van der Waals surface area contributed by atoms with E-state index in [1.807, 2.05) is 0 Å². The molecule has 1 rings (SSSR count). The van der Waals surface area contributed by atoms with Gasteiger partial charge in [0.2, 0.25) is 17.9 Å². The molecule has 0 aromatic carbocycles. The normalized spacial score (nSPS) is 16.5. The molecule has 27 heavy (non-hydrogen) atoms. The van der Waals surface area contributed by atoms with Crippen LogP contribution in [0.15, 0.2) is 0 Å². The van der Waals surface area contributed by atoms with Gasteiger partial charge in [-0.05, 0) is 33.1 Å². The van der Waals surface area contributed by atoms with Crippen LogP contribution in [0, 0.1) is 0 Å². The minimum absolute atomic E-state index is 0.0257. The van der Waals surface area contributed by atoms with Crippen molar-refractivity contribution in [3.8, 4) is 0 Å². The second kappa shape index (κ2) is 13.0. The number of amides is 2. The first kappa shape index (κ1) is 22.8. The fraction of sp³-hybridized carbons (Fsp3) is 0.765. The Bertz CT molecular complexity index is 487. The summed E-state index contributed by atoms with van der Waals surface area (Å²) in [5.74, 6) is -2.77. The number of esters is 2. The van der Waals surface area contributed by atoms with Crippen molar-refractivity contribution in [2.75, 3.05) is 33.0 Å². The van der Waals surface area contributed by atoms with Gasteiger partial charge in [-0.25, -0.2) is 9.59 Å². The third kappa shape index (κ3) is 9.34. The first-order valence-corrected chi connectivity index (χ1v) is 9.10. The van der Waals surface area contributed by atoms with E-state index in [0.29, 0.717) is 6.61 Å². The highest BCUT2D eigenvalue weighted by Gasteiger charge is 2.31. The Hall–Kier alpha value is -2.20. The van der Waals surface area contributed by atoms with Crippen molar-refractivity contribution in [2.45, 2.75) is 51.9 Å². The van der Waals surface area contributed by atoms with E-state index in [2.05, 4.69) is 10.6 Å². The fourth-order valence-electron chi connectivity index (χ4n) is 2.28. The third-order valence-corrected chi connectivity index (χ3v) is 3.56.